The van der Waals surface area contributed by atoms with Gasteiger partial charge in [0.15, 0.2) is 5.65 Å². The van der Waals surface area contributed by atoms with Gasteiger partial charge in [0, 0.05) is 33.7 Å². The number of pyridine rings is 1. The second-order valence-corrected chi connectivity index (χ2v) is 10.5. The maximum Gasteiger partial charge on any atom is 0.150 e. The molecule has 0 fully saturated rings. The summed E-state index contributed by atoms with van der Waals surface area (Å²) >= 11 is 0. The van der Waals surface area contributed by atoms with Gasteiger partial charge in [-0.25, -0.2) is 4.98 Å². The first-order chi connectivity index (χ1) is 20.3. The second-order valence-electron chi connectivity index (χ2n) is 10.5. The van der Waals surface area contributed by atoms with Gasteiger partial charge in [-0.3, -0.25) is 8.97 Å². The molecule has 0 unspecified atom stereocenters. The van der Waals surface area contributed by atoms with E-state index in [4.69, 9.17) is 4.98 Å². The van der Waals surface area contributed by atoms with Crippen molar-refractivity contribution in [1.29, 1.82) is 0 Å². The van der Waals surface area contributed by atoms with Crippen LogP contribution < -0.4 is 0 Å². The molecule has 9 rings (SSSR count). The summed E-state index contributed by atoms with van der Waals surface area (Å²) < 4.78 is 6.91. The van der Waals surface area contributed by atoms with Crippen molar-refractivity contribution in [1.82, 2.24) is 18.5 Å². The van der Waals surface area contributed by atoms with E-state index in [-0.39, 0.29) is 0 Å². The lowest BCUT2D eigenvalue weighted by atomic mass is 10.1. The Morgan fingerprint density at radius 1 is 0.415 bits per heavy atom. The minimum atomic E-state index is 0.941. The van der Waals surface area contributed by atoms with Gasteiger partial charge in [-0.05, 0) is 65.7 Å². The van der Waals surface area contributed by atoms with Gasteiger partial charge < -0.3 is 4.57 Å². The summed E-state index contributed by atoms with van der Waals surface area (Å²) in [6, 6.07) is 49.5. The number of nitrogens with zero attached hydrogens (tertiary/aromatic N) is 4. The molecule has 0 saturated heterocycles. The lowest BCUT2D eigenvalue weighted by Gasteiger charge is -2.11. The minimum absolute atomic E-state index is 0.941. The van der Waals surface area contributed by atoms with E-state index in [2.05, 4.69) is 159 Å². The second kappa shape index (κ2) is 8.44. The number of rotatable bonds is 3. The van der Waals surface area contributed by atoms with Gasteiger partial charge in [0.05, 0.1) is 16.6 Å². The zero-order valence-electron chi connectivity index (χ0n) is 22.1. The standard InChI is InChI=1S/C37H24N4/c1-2-10-27(11-3-1)41-34-17-9-6-14-31(34)36-37(41)39-24-26(20-23-35(39)38-36)25-18-21-28(22-19-25)40-32-15-7-4-12-29(32)30-13-5-8-16-33(30)40/h1-24H. The van der Waals surface area contributed by atoms with Crippen molar-refractivity contribution in [2.75, 3.05) is 0 Å². The average Bonchev–Trinajstić information content (AvgIpc) is 3.68. The van der Waals surface area contributed by atoms with Crippen molar-refractivity contribution < 1.29 is 0 Å². The first kappa shape index (κ1) is 22.2. The average molecular weight is 525 g/mol. The highest BCUT2D eigenvalue weighted by Crippen LogP contribution is 2.35. The van der Waals surface area contributed by atoms with E-state index in [9.17, 15) is 0 Å². The molecule has 4 aromatic heterocycles. The molecule has 4 nitrogen and oxygen atoms in total. The van der Waals surface area contributed by atoms with Crippen LogP contribution in [0.5, 0.6) is 0 Å². The summed E-state index contributed by atoms with van der Waals surface area (Å²) in [6.45, 7) is 0. The SMILES string of the molecule is c1ccc(-n2c3ccccc3c3nc4ccc(-c5ccc(-n6c7ccccc7c7ccccc76)cc5)cn4c32)cc1. The van der Waals surface area contributed by atoms with Gasteiger partial charge in [0.2, 0.25) is 0 Å². The molecule has 0 aliphatic carbocycles. The number of para-hydroxylation sites is 4. The molecule has 0 spiro atoms. The molecule has 0 amide bonds. The molecular formula is C37H24N4. The van der Waals surface area contributed by atoms with Crippen LogP contribution in [0.2, 0.25) is 0 Å². The Bertz CT molecular complexity index is 2350. The van der Waals surface area contributed by atoms with E-state index < -0.39 is 0 Å². The summed E-state index contributed by atoms with van der Waals surface area (Å²) in [4.78, 5) is 5.07. The van der Waals surface area contributed by atoms with E-state index in [0.29, 0.717) is 0 Å². The molecule has 5 aromatic carbocycles. The predicted molar refractivity (Wildman–Crippen MR) is 169 cm³/mol. The van der Waals surface area contributed by atoms with Gasteiger partial charge >= 0.3 is 0 Å². The summed E-state index contributed by atoms with van der Waals surface area (Å²) in [5.41, 5.74) is 11.2. The molecule has 0 bridgehead atoms. The van der Waals surface area contributed by atoms with Crippen LogP contribution in [0.1, 0.15) is 0 Å². The zero-order valence-corrected chi connectivity index (χ0v) is 22.1. The van der Waals surface area contributed by atoms with Crippen molar-refractivity contribution in [2.24, 2.45) is 0 Å². The van der Waals surface area contributed by atoms with Crippen molar-refractivity contribution in [3.63, 3.8) is 0 Å². The molecule has 0 saturated carbocycles. The number of aromatic nitrogens is 4. The molecule has 4 heterocycles. The van der Waals surface area contributed by atoms with Gasteiger partial charge in [0.25, 0.3) is 0 Å². The molecule has 0 N–H and O–H groups in total. The van der Waals surface area contributed by atoms with Crippen LogP contribution >= 0.6 is 0 Å². The quantitative estimate of drug-likeness (QED) is 0.226. The number of hydrogen-bond donors (Lipinski definition) is 0. The van der Waals surface area contributed by atoms with Gasteiger partial charge in [-0.1, -0.05) is 84.9 Å². The molecular weight excluding hydrogens is 500 g/mol. The fourth-order valence-electron chi connectivity index (χ4n) is 6.42. The summed E-state index contributed by atoms with van der Waals surface area (Å²) in [7, 11) is 0. The first-order valence-electron chi connectivity index (χ1n) is 13.9. The summed E-state index contributed by atoms with van der Waals surface area (Å²) in [5, 5.41) is 3.71. The van der Waals surface area contributed by atoms with Gasteiger partial charge in [-0.2, -0.15) is 0 Å². The number of imidazole rings is 1. The number of benzene rings is 5. The number of fused-ring (bicyclic) bond motifs is 8. The Kier molecular flexibility index (Phi) is 4.58. The highest BCUT2D eigenvalue weighted by atomic mass is 15.1. The van der Waals surface area contributed by atoms with Crippen LogP contribution in [0.3, 0.4) is 0 Å². The van der Waals surface area contributed by atoms with E-state index in [1.54, 1.807) is 0 Å². The van der Waals surface area contributed by atoms with Crippen LogP contribution in [0.4, 0.5) is 0 Å². The van der Waals surface area contributed by atoms with E-state index >= 15 is 0 Å². The Morgan fingerprint density at radius 2 is 0.951 bits per heavy atom. The molecule has 41 heavy (non-hydrogen) atoms. The van der Waals surface area contributed by atoms with E-state index in [0.717, 1.165) is 44.7 Å². The molecule has 0 radical (unpaired) electrons. The normalized spacial score (nSPS) is 11.9. The lowest BCUT2D eigenvalue weighted by molar-refractivity contribution is 1.09. The van der Waals surface area contributed by atoms with Crippen molar-refractivity contribution >= 4 is 49.5 Å². The van der Waals surface area contributed by atoms with Crippen molar-refractivity contribution in [3.8, 4) is 22.5 Å². The Balaban J connectivity index is 1.22. The highest BCUT2D eigenvalue weighted by molar-refractivity contribution is 6.09. The third-order valence-electron chi connectivity index (χ3n) is 8.26. The van der Waals surface area contributed by atoms with Crippen LogP contribution in [-0.4, -0.2) is 18.5 Å². The highest BCUT2D eigenvalue weighted by Gasteiger charge is 2.18. The molecule has 9 aromatic rings. The molecule has 4 heteroatoms. The van der Waals surface area contributed by atoms with E-state index in [1.165, 1.54) is 27.4 Å². The van der Waals surface area contributed by atoms with Crippen molar-refractivity contribution in [2.45, 2.75) is 0 Å². The summed E-state index contributed by atoms with van der Waals surface area (Å²) in [5.74, 6) is 0. The lowest BCUT2D eigenvalue weighted by Crippen LogP contribution is -1.97. The third kappa shape index (κ3) is 3.19. The largest absolute Gasteiger partial charge is 0.309 e. The van der Waals surface area contributed by atoms with Crippen molar-refractivity contribution in [3.05, 3.63) is 146 Å². The van der Waals surface area contributed by atoms with E-state index in [1.807, 2.05) is 0 Å². The third-order valence-corrected chi connectivity index (χ3v) is 8.26. The minimum Gasteiger partial charge on any atom is -0.309 e. The summed E-state index contributed by atoms with van der Waals surface area (Å²) in [6.07, 6.45) is 2.22. The molecule has 192 valence electrons. The topological polar surface area (TPSA) is 27.2 Å². The number of hydrogen-bond acceptors (Lipinski definition) is 1. The van der Waals surface area contributed by atoms with Crippen LogP contribution in [0.15, 0.2) is 146 Å². The van der Waals surface area contributed by atoms with Gasteiger partial charge in [-0.15, -0.1) is 0 Å². The first-order valence-corrected chi connectivity index (χ1v) is 13.9. The fourth-order valence-corrected chi connectivity index (χ4v) is 6.42. The Hall–Kier alpha value is -5.61. The van der Waals surface area contributed by atoms with Crippen LogP contribution in [0.25, 0.3) is 72.0 Å². The maximum absolute atomic E-state index is 5.07. The fraction of sp³-hybridized carbons (Fsp3) is 0. The molecule has 0 aliphatic rings. The maximum atomic E-state index is 5.07. The van der Waals surface area contributed by atoms with Crippen LogP contribution in [-0.2, 0) is 0 Å². The Labute approximate surface area is 236 Å². The van der Waals surface area contributed by atoms with Crippen LogP contribution in [0, 0.1) is 0 Å². The monoisotopic (exact) mass is 524 g/mol. The molecule has 0 atom stereocenters. The molecule has 0 aliphatic heterocycles. The Morgan fingerprint density at radius 3 is 1.63 bits per heavy atom. The zero-order chi connectivity index (χ0) is 26.9. The predicted octanol–water partition coefficient (Wildman–Crippen LogP) is 9.20. The van der Waals surface area contributed by atoms with Gasteiger partial charge in [0.1, 0.15) is 11.2 Å². The smallest absolute Gasteiger partial charge is 0.150 e.